The summed E-state index contributed by atoms with van der Waals surface area (Å²) in [6.45, 7) is 4.96. The molecule has 144 valence electrons. The molecule has 2 aromatic rings. The predicted octanol–water partition coefficient (Wildman–Crippen LogP) is 3.83. The average Bonchev–Trinajstić information content (AvgIpc) is 2.70. The van der Waals surface area contributed by atoms with Gasteiger partial charge < -0.3 is 10.2 Å². The number of benzene rings is 2. The zero-order chi connectivity index (χ0) is 19.1. The number of piperidine rings is 1. The van der Waals surface area contributed by atoms with Gasteiger partial charge in [0.05, 0.1) is 0 Å². The number of rotatable bonds is 7. The fourth-order valence-corrected chi connectivity index (χ4v) is 3.66. The van der Waals surface area contributed by atoms with Crippen LogP contribution in [0, 0.1) is 11.7 Å². The molecule has 27 heavy (non-hydrogen) atoms. The Labute approximate surface area is 161 Å². The van der Waals surface area contributed by atoms with E-state index in [1.807, 2.05) is 19.1 Å². The first-order valence-electron chi connectivity index (χ1n) is 9.92. The molecule has 3 rings (SSSR count). The molecule has 1 amide bonds. The summed E-state index contributed by atoms with van der Waals surface area (Å²) in [6, 6.07) is 17.5. The van der Waals surface area contributed by atoms with Crippen LogP contribution in [0.4, 0.5) is 4.39 Å². The van der Waals surface area contributed by atoms with Crippen LogP contribution in [0.25, 0.3) is 0 Å². The third kappa shape index (κ3) is 5.90. The minimum absolute atomic E-state index is 0.0287. The van der Waals surface area contributed by atoms with Crippen LogP contribution in [0.2, 0.25) is 0 Å². The lowest BCUT2D eigenvalue weighted by Gasteiger charge is -2.33. The molecule has 0 aliphatic carbocycles. The smallest absolute Gasteiger partial charge is 0.223 e. The van der Waals surface area contributed by atoms with Crippen molar-refractivity contribution in [3.63, 3.8) is 0 Å². The lowest BCUT2D eigenvalue weighted by atomic mass is 9.98. The van der Waals surface area contributed by atoms with E-state index in [1.54, 1.807) is 12.1 Å². The maximum atomic E-state index is 13.8. The van der Waals surface area contributed by atoms with Gasteiger partial charge in [0.2, 0.25) is 5.91 Å². The van der Waals surface area contributed by atoms with Gasteiger partial charge >= 0.3 is 0 Å². The molecule has 1 aliphatic heterocycles. The highest BCUT2D eigenvalue weighted by molar-refractivity contribution is 5.78. The normalized spacial score (nSPS) is 16.8. The van der Waals surface area contributed by atoms with E-state index in [1.165, 1.54) is 11.6 Å². The Bertz CT molecular complexity index is 726. The van der Waals surface area contributed by atoms with Crippen molar-refractivity contribution < 1.29 is 9.18 Å². The summed E-state index contributed by atoms with van der Waals surface area (Å²) in [6.07, 6.45) is 3.46. The second-order valence-corrected chi connectivity index (χ2v) is 7.56. The van der Waals surface area contributed by atoms with Gasteiger partial charge in [-0.3, -0.25) is 4.79 Å². The van der Waals surface area contributed by atoms with Crippen LogP contribution in [0.5, 0.6) is 0 Å². The van der Waals surface area contributed by atoms with Crippen molar-refractivity contribution in [2.24, 2.45) is 5.92 Å². The van der Waals surface area contributed by atoms with E-state index in [4.69, 9.17) is 0 Å². The van der Waals surface area contributed by atoms with Crippen LogP contribution in [-0.2, 0) is 17.6 Å². The largest absolute Gasteiger partial charge is 0.353 e. The van der Waals surface area contributed by atoms with Crippen LogP contribution >= 0.6 is 0 Å². The number of carbonyl (C=O) groups excluding carboxylic acids is 1. The number of nitrogens with zero attached hydrogens (tertiary/aromatic N) is 1. The van der Waals surface area contributed by atoms with Crippen molar-refractivity contribution in [1.29, 1.82) is 0 Å². The average molecular weight is 368 g/mol. The molecule has 1 fully saturated rings. The number of hydrogen-bond donors (Lipinski definition) is 1. The van der Waals surface area contributed by atoms with E-state index < -0.39 is 0 Å². The Morgan fingerprint density at radius 2 is 1.78 bits per heavy atom. The van der Waals surface area contributed by atoms with E-state index in [0.29, 0.717) is 12.0 Å². The third-order valence-electron chi connectivity index (χ3n) is 5.43. The molecule has 0 spiro atoms. The second kappa shape index (κ2) is 9.65. The maximum Gasteiger partial charge on any atom is 0.223 e. The first-order chi connectivity index (χ1) is 13.1. The Hall–Kier alpha value is -2.20. The Kier molecular flexibility index (Phi) is 6.99. The van der Waals surface area contributed by atoms with E-state index >= 15 is 0 Å². The van der Waals surface area contributed by atoms with Crippen LogP contribution in [0.3, 0.4) is 0 Å². The summed E-state index contributed by atoms with van der Waals surface area (Å²) in [7, 11) is 0. The molecule has 1 N–H and O–H groups in total. The molecule has 1 aliphatic rings. The van der Waals surface area contributed by atoms with Crippen molar-refractivity contribution in [1.82, 2.24) is 10.2 Å². The Balaban J connectivity index is 1.39. The molecule has 4 heteroatoms. The number of amides is 1. The number of nitrogens with one attached hydrogen (secondary N) is 1. The fraction of sp³-hybridized carbons (Fsp3) is 0.435. The first-order valence-corrected chi connectivity index (χ1v) is 9.92. The number of halogens is 1. The van der Waals surface area contributed by atoms with Crippen molar-refractivity contribution in [2.75, 3.05) is 19.6 Å². The first kappa shape index (κ1) is 19.6. The van der Waals surface area contributed by atoms with Crippen LogP contribution < -0.4 is 5.32 Å². The van der Waals surface area contributed by atoms with E-state index in [0.717, 1.165) is 38.9 Å². The quantitative estimate of drug-likeness (QED) is 0.806. The fourth-order valence-electron chi connectivity index (χ4n) is 3.66. The molecule has 0 bridgehead atoms. The highest BCUT2D eigenvalue weighted by Crippen LogP contribution is 2.15. The van der Waals surface area contributed by atoms with Crippen LogP contribution in [-0.4, -0.2) is 36.5 Å². The standard InChI is InChI=1S/C23H29FN2O/c1-18(17-20-9-5-6-10-22(20)24)23(27)25-21-12-15-26(16-13-21)14-11-19-7-3-2-4-8-19/h2-10,18,21H,11-17H2,1H3,(H,25,27). The Morgan fingerprint density at radius 3 is 2.48 bits per heavy atom. The van der Waals surface area contributed by atoms with E-state index in [9.17, 15) is 9.18 Å². The van der Waals surface area contributed by atoms with Gasteiger partial charge in [0.15, 0.2) is 0 Å². The SMILES string of the molecule is CC(Cc1ccccc1F)C(=O)NC1CCN(CCc2ccccc2)CC1. The van der Waals surface area contributed by atoms with Crippen molar-refractivity contribution in [2.45, 2.75) is 38.6 Å². The zero-order valence-electron chi connectivity index (χ0n) is 16.0. The molecule has 3 nitrogen and oxygen atoms in total. The zero-order valence-corrected chi connectivity index (χ0v) is 16.0. The van der Waals surface area contributed by atoms with Gasteiger partial charge in [0.1, 0.15) is 5.82 Å². The number of carbonyl (C=O) groups is 1. The van der Waals surface area contributed by atoms with Gasteiger partial charge in [0.25, 0.3) is 0 Å². The monoisotopic (exact) mass is 368 g/mol. The van der Waals surface area contributed by atoms with Crippen molar-refractivity contribution in [3.8, 4) is 0 Å². The summed E-state index contributed by atoms with van der Waals surface area (Å²) in [5, 5.41) is 3.16. The summed E-state index contributed by atoms with van der Waals surface area (Å²) in [5.74, 6) is -0.428. The van der Waals surface area contributed by atoms with E-state index in [2.05, 4.69) is 34.5 Å². The molecule has 0 aromatic heterocycles. The number of likely N-dealkylation sites (tertiary alicyclic amines) is 1. The molecule has 1 atom stereocenters. The van der Waals surface area contributed by atoms with E-state index in [-0.39, 0.29) is 23.7 Å². The third-order valence-corrected chi connectivity index (χ3v) is 5.43. The summed E-state index contributed by atoms with van der Waals surface area (Å²) >= 11 is 0. The maximum absolute atomic E-state index is 13.8. The molecule has 0 radical (unpaired) electrons. The number of hydrogen-bond acceptors (Lipinski definition) is 2. The molecule has 2 aromatic carbocycles. The van der Waals surface area contributed by atoms with Gasteiger partial charge in [-0.25, -0.2) is 4.39 Å². The Morgan fingerprint density at radius 1 is 1.11 bits per heavy atom. The summed E-state index contributed by atoms with van der Waals surface area (Å²) < 4.78 is 13.8. The van der Waals surface area contributed by atoms with Gasteiger partial charge in [-0.15, -0.1) is 0 Å². The summed E-state index contributed by atoms with van der Waals surface area (Å²) in [5.41, 5.74) is 1.98. The second-order valence-electron chi connectivity index (χ2n) is 7.56. The predicted molar refractivity (Wildman–Crippen MR) is 107 cm³/mol. The van der Waals surface area contributed by atoms with Crippen molar-refractivity contribution in [3.05, 3.63) is 71.5 Å². The van der Waals surface area contributed by atoms with Gasteiger partial charge in [-0.1, -0.05) is 55.5 Å². The van der Waals surface area contributed by atoms with Crippen molar-refractivity contribution >= 4 is 5.91 Å². The minimum atomic E-state index is -0.233. The van der Waals surface area contributed by atoms with Crippen LogP contribution in [0.1, 0.15) is 30.9 Å². The molecular formula is C23H29FN2O. The summed E-state index contributed by atoms with van der Waals surface area (Å²) in [4.78, 5) is 14.9. The molecule has 1 saturated heterocycles. The minimum Gasteiger partial charge on any atom is -0.353 e. The van der Waals surface area contributed by atoms with Gasteiger partial charge in [-0.05, 0) is 42.9 Å². The molecule has 1 heterocycles. The lowest BCUT2D eigenvalue weighted by molar-refractivity contribution is -0.125. The topological polar surface area (TPSA) is 32.3 Å². The molecular weight excluding hydrogens is 339 g/mol. The highest BCUT2D eigenvalue weighted by Gasteiger charge is 2.23. The van der Waals surface area contributed by atoms with Crippen LogP contribution in [0.15, 0.2) is 54.6 Å². The lowest BCUT2D eigenvalue weighted by Crippen LogP contribution is -2.46. The highest BCUT2D eigenvalue weighted by atomic mass is 19.1. The van der Waals surface area contributed by atoms with Gasteiger partial charge in [0, 0.05) is 31.6 Å². The van der Waals surface area contributed by atoms with Gasteiger partial charge in [-0.2, -0.15) is 0 Å². The molecule has 0 saturated carbocycles. The molecule has 1 unspecified atom stereocenters.